The molecule has 0 bridgehead atoms. The lowest BCUT2D eigenvalue weighted by molar-refractivity contribution is 0.689. The van der Waals surface area contributed by atoms with Gasteiger partial charge in [-0.3, -0.25) is 4.68 Å². The second kappa shape index (κ2) is 9.13. The first-order chi connectivity index (χ1) is 15.6. The van der Waals surface area contributed by atoms with E-state index in [2.05, 4.69) is 65.7 Å². The van der Waals surface area contributed by atoms with Crippen molar-refractivity contribution in [3.63, 3.8) is 0 Å². The Labute approximate surface area is 198 Å². The molecule has 1 N–H and O–H groups in total. The number of aromatic nitrogens is 6. The number of anilines is 2. The van der Waals surface area contributed by atoms with Crippen molar-refractivity contribution in [2.24, 2.45) is 0 Å². The predicted octanol–water partition coefficient (Wildman–Crippen LogP) is 5.48. The van der Waals surface area contributed by atoms with E-state index in [4.69, 9.17) is 0 Å². The van der Waals surface area contributed by atoms with Crippen molar-refractivity contribution in [2.45, 2.75) is 24.4 Å². The molecule has 7 nitrogen and oxygen atoms in total. The Balaban J connectivity index is 1.34. The molecule has 5 aromatic rings. The number of benzene rings is 2. The van der Waals surface area contributed by atoms with E-state index in [1.165, 1.54) is 11.1 Å². The van der Waals surface area contributed by atoms with Crippen LogP contribution in [0.25, 0.3) is 5.78 Å². The van der Waals surface area contributed by atoms with E-state index < -0.39 is 0 Å². The van der Waals surface area contributed by atoms with Gasteiger partial charge in [-0.15, -0.1) is 5.10 Å². The largest absolute Gasteiger partial charge is 0.323 e. The molecule has 0 radical (unpaired) electrons. The fraction of sp³-hybridized carbons (Fsp3) is 0.130. The highest BCUT2D eigenvalue weighted by molar-refractivity contribution is 9.10. The van der Waals surface area contributed by atoms with Crippen LogP contribution in [0, 0.1) is 6.92 Å². The molecule has 3 heterocycles. The molecule has 0 fully saturated rings. The molecule has 0 aliphatic carbocycles. The molecule has 0 aliphatic rings. The summed E-state index contributed by atoms with van der Waals surface area (Å²) in [7, 11) is 0. The SMILES string of the molecule is Cc1cc(Nc2ccn(Cc3ccccc3)n2)n2nc(SCc3ccc(Br)cc3)nc2n1. The molecule has 9 heteroatoms. The van der Waals surface area contributed by atoms with Gasteiger partial charge in [0.2, 0.25) is 5.16 Å². The molecule has 32 heavy (non-hydrogen) atoms. The van der Waals surface area contributed by atoms with E-state index in [9.17, 15) is 0 Å². The number of thioether (sulfide) groups is 1. The number of hydrogen-bond donors (Lipinski definition) is 1. The van der Waals surface area contributed by atoms with Gasteiger partial charge in [0.25, 0.3) is 5.78 Å². The van der Waals surface area contributed by atoms with Crippen molar-refractivity contribution in [1.29, 1.82) is 0 Å². The van der Waals surface area contributed by atoms with Gasteiger partial charge in [-0.25, -0.2) is 4.98 Å². The number of halogens is 1. The summed E-state index contributed by atoms with van der Waals surface area (Å²) in [4.78, 5) is 9.13. The average molecular weight is 506 g/mol. The van der Waals surface area contributed by atoms with Crippen LogP contribution in [0.2, 0.25) is 0 Å². The number of nitrogens with one attached hydrogen (secondary N) is 1. The minimum atomic E-state index is 0.564. The molecular weight excluding hydrogens is 486 g/mol. The Hall–Kier alpha value is -3.17. The molecule has 0 saturated carbocycles. The zero-order chi connectivity index (χ0) is 21.9. The monoisotopic (exact) mass is 505 g/mol. The van der Waals surface area contributed by atoms with E-state index in [1.807, 2.05) is 60.3 Å². The van der Waals surface area contributed by atoms with E-state index >= 15 is 0 Å². The summed E-state index contributed by atoms with van der Waals surface area (Å²) in [5.74, 6) is 2.87. The van der Waals surface area contributed by atoms with Gasteiger partial charge in [-0.2, -0.15) is 14.6 Å². The van der Waals surface area contributed by atoms with Crippen LogP contribution < -0.4 is 5.32 Å². The number of nitrogens with zero attached hydrogens (tertiary/aromatic N) is 6. The van der Waals surface area contributed by atoms with Gasteiger partial charge in [-0.05, 0) is 30.2 Å². The number of aryl methyl sites for hydroxylation is 1. The minimum absolute atomic E-state index is 0.564. The fourth-order valence-electron chi connectivity index (χ4n) is 3.27. The Morgan fingerprint density at radius 3 is 2.56 bits per heavy atom. The Morgan fingerprint density at radius 2 is 1.75 bits per heavy atom. The molecule has 2 aromatic carbocycles. The molecule has 0 amide bonds. The van der Waals surface area contributed by atoms with Crippen molar-refractivity contribution < 1.29 is 0 Å². The van der Waals surface area contributed by atoms with Crippen molar-refractivity contribution in [3.05, 3.63) is 94.2 Å². The van der Waals surface area contributed by atoms with Gasteiger partial charge in [0.05, 0.1) is 6.54 Å². The van der Waals surface area contributed by atoms with Gasteiger partial charge >= 0.3 is 0 Å². The summed E-state index contributed by atoms with van der Waals surface area (Å²) in [5.41, 5.74) is 3.28. The molecule has 5 rings (SSSR count). The third-order valence-corrected chi connectivity index (χ3v) is 6.22. The topological polar surface area (TPSA) is 72.9 Å². The molecule has 0 aliphatic heterocycles. The highest BCUT2D eigenvalue weighted by Gasteiger charge is 2.12. The maximum Gasteiger partial charge on any atom is 0.255 e. The lowest BCUT2D eigenvalue weighted by atomic mass is 10.2. The van der Waals surface area contributed by atoms with E-state index in [1.54, 1.807) is 16.3 Å². The summed E-state index contributed by atoms with van der Waals surface area (Å²) in [5, 5.41) is 13.3. The molecule has 0 unspecified atom stereocenters. The molecule has 0 atom stereocenters. The van der Waals surface area contributed by atoms with Crippen LogP contribution >= 0.6 is 27.7 Å². The zero-order valence-corrected chi connectivity index (χ0v) is 19.7. The standard InChI is InChI=1S/C23H20BrN7S/c1-16-13-21(26-20-11-12-30(28-20)14-17-5-3-2-4-6-17)31-22(25-16)27-23(29-31)32-15-18-7-9-19(24)10-8-18/h2-13H,14-15H2,1H3,(H,26,28). The van der Waals surface area contributed by atoms with Crippen molar-refractivity contribution in [1.82, 2.24) is 29.4 Å². The third-order valence-electron chi connectivity index (χ3n) is 4.79. The maximum atomic E-state index is 4.66. The Morgan fingerprint density at radius 1 is 0.938 bits per heavy atom. The van der Waals surface area contributed by atoms with Gasteiger partial charge in [-0.1, -0.05) is 70.2 Å². The normalized spacial score (nSPS) is 11.2. The van der Waals surface area contributed by atoms with Crippen LogP contribution in [0.4, 0.5) is 11.6 Å². The lowest BCUT2D eigenvalue weighted by Gasteiger charge is -2.06. The predicted molar refractivity (Wildman–Crippen MR) is 130 cm³/mol. The second-order valence-corrected chi connectivity index (χ2v) is 9.17. The minimum Gasteiger partial charge on any atom is -0.323 e. The fourth-order valence-corrected chi connectivity index (χ4v) is 4.30. The summed E-state index contributed by atoms with van der Waals surface area (Å²) in [6.45, 7) is 2.66. The zero-order valence-electron chi connectivity index (χ0n) is 17.3. The van der Waals surface area contributed by atoms with Crippen molar-refractivity contribution >= 4 is 45.1 Å². The van der Waals surface area contributed by atoms with E-state index in [-0.39, 0.29) is 0 Å². The third kappa shape index (κ3) is 4.84. The highest BCUT2D eigenvalue weighted by atomic mass is 79.9. The number of rotatable bonds is 7. The first-order valence-electron chi connectivity index (χ1n) is 10.1. The van der Waals surface area contributed by atoms with Crippen LogP contribution in [0.5, 0.6) is 0 Å². The summed E-state index contributed by atoms with van der Waals surface area (Å²) < 4.78 is 4.70. The number of hydrogen-bond acceptors (Lipinski definition) is 6. The van der Waals surface area contributed by atoms with Gasteiger partial charge in [0.15, 0.2) is 5.82 Å². The molecular formula is C23H20BrN7S. The van der Waals surface area contributed by atoms with E-state index in [0.29, 0.717) is 17.5 Å². The maximum absolute atomic E-state index is 4.66. The quantitative estimate of drug-likeness (QED) is 0.295. The summed E-state index contributed by atoms with van der Waals surface area (Å²) in [6.07, 6.45) is 1.96. The molecule has 0 saturated heterocycles. The van der Waals surface area contributed by atoms with E-state index in [0.717, 1.165) is 27.6 Å². The van der Waals surface area contributed by atoms with Crippen molar-refractivity contribution in [2.75, 3.05) is 5.32 Å². The van der Waals surface area contributed by atoms with Crippen molar-refractivity contribution in [3.8, 4) is 0 Å². The van der Waals surface area contributed by atoms with Gasteiger partial charge in [0.1, 0.15) is 5.82 Å². The van der Waals surface area contributed by atoms with Crippen LogP contribution in [-0.2, 0) is 12.3 Å². The summed E-state index contributed by atoms with van der Waals surface area (Å²) >= 11 is 5.05. The highest BCUT2D eigenvalue weighted by Crippen LogP contribution is 2.23. The Bertz CT molecular complexity index is 1350. The van der Waals surface area contributed by atoms with Gasteiger partial charge < -0.3 is 5.32 Å². The van der Waals surface area contributed by atoms with Crippen LogP contribution in [0.1, 0.15) is 16.8 Å². The first kappa shape index (κ1) is 20.7. The average Bonchev–Trinajstić information content (AvgIpc) is 3.40. The lowest BCUT2D eigenvalue weighted by Crippen LogP contribution is -2.04. The first-order valence-corrected chi connectivity index (χ1v) is 11.9. The van der Waals surface area contributed by atoms with Crippen LogP contribution in [-0.4, -0.2) is 29.4 Å². The molecule has 0 spiro atoms. The number of fused-ring (bicyclic) bond motifs is 1. The van der Waals surface area contributed by atoms with Gasteiger partial charge in [0, 0.05) is 34.2 Å². The van der Waals surface area contributed by atoms with Crippen LogP contribution in [0.15, 0.2) is 82.6 Å². The molecule has 3 aromatic heterocycles. The summed E-state index contributed by atoms with van der Waals surface area (Å²) in [6, 6.07) is 22.4. The smallest absolute Gasteiger partial charge is 0.255 e. The second-order valence-electron chi connectivity index (χ2n) is 7.31. The van der Waals surface area contributed by atoms with Crippen LogP contribution in [0.3, 0.4) is 0 Å². The molecule has 160 valence electrons. The Kier molecular flexibility index (Phi) is 5.91.